The summed E-state index contributed by atoms with van der Waals surface area (Å²) < 4.78 is 45.5. The minimum absolute atomic E-state index is 0.00516. The third-order valence-electron chi connectivity index (χ3n) is 5.13. The Hall–Kier alpha value is -3.02. The molecule has 1 amide bonds. The first-order chi connectivity index (χ1) is 16.0. The number of aryl methyl sites for hydroxylation is 1. The van der Waals surface area contributed by atoms with Gasteiger partial charge in [-0.15, -0.1) is 0 Å². The monoisotopic (exact) mass is 511 g/mol. The number of fused-ring (bicyclic) bond motifs is 1. The average Bonchev–Trinajstić information content (AvgIpc) is 3.06. The van der Waals surface area contributed by atoms with Crippen LogP contribution in [0.4, 0.5) is 5.69 Å². The number of oxazole rings is 1. The van der Waals surface area contributed by atoms with E-state index >= 15 is 0 Å². The molecule has 0 saturated carbocycles. The number of sulfonamides is 1. The van der Waals surface area contributed by atoms with Gasteiger partial charge in [-0.25, -0.2) is 13.2 Å². The number of methoxy groups -OCH3 is 2. The Morgan fingerprint density at radius 3 is 2.44 bits per heavy atom. The standard InChI is InChI=1S/C22H26ClN3O7S/c1-12(2)8-16(21(27)24-15-10-14(23)18(31-4)11-19(15)32-5)25-34(29,30)13-6-7-17-20(9-13)33-22(28)26(17)3/h6-7,9-12,16,25H,8H2,1-5H3,(H,24,27)/t16-/m0/s1. The number of halogens is 1. The highest BCUT2D eigenvalue weighted by atomic mass is 35.5. The van der Waals surface area contributed by atoms with E-state index in [0.29, 0.717) is 17.0 Å². The normalized spacial score (nSPS) is 12.7. The summed E-state index contributed by atoms with van der Waals surface area (Å²) in [4.78, 5) is 24.7. The van der Waals surface area contributed by atoms with Crippen LogP contribution in [-0.2, 0) is 21.9 Å². The Morgan fingerprint density at radius 2 is 1.82 bits per heavy atom. The molecule has 0 spiro atoms. The number of hydrogen-bond acceptors (Lipinski definition) is 7. The minimum atomic E-state index is -4.13. The van der Waals surface area contributed by atoms with Crippen molar-refractivity contribution in [1.29, 1.82) is 0 Å². The van der Waals surface area contributed by atoms with Gasteiger partial charge in [0.25, 0.3) is 0 Å². The van der Waals surface area contributed by atoms with Gasteiger partial charge in [0, 0.05) is 19.2 Å². The molecule has 12 heteroatoms. The molecule has 2 N–H and O–H groups in total. The lowest BCUT2D eigenvalue weighted by Gasteiger charge is -2.21. The van der Waals surface area contributed by atoms with E-state index in [2.05, 4.69) is 10.0 Å². The number of nitrogens with one attached hydrogen (secondary N) is 2. The molecule has 1 atom stereocenters. The largest absolute Gasteiger partial charge is 0.495 e. The molecule has 0 aliphatic carbocycles. The minimum Gasteiger partial charge on any atom is -0.495 e. The first-order valence-corrected chi connectivity index (χ1v) is 12.2. The van der Waals surface area contributed by atoms with Crippen molar-refractivity contribution in [2.75, 3.05) is 19.5 Å². The molecule has 2 aromatic carbocycles. The zero-order valence-corrected chi connectivity index (χ0v) is 20.9. The highest BCUT2D eigenvalue weighted by Gasteiger charge is 2.28. The Kier molecular flexibility index (Phi) is 7.59. The lowest BCUT2D eigenvalue weighted by atomic mass is 10.0. The number of rotatable bonds is 9. The van der Waals surface area contributed by atoms with Crippen molar-refractivity contribution in [2.45, 2.75) is 31.2 Å². The SMILES string of the molecule is COc1cc(OC)c(NC(=O)[C@H](CC(C)C)NS(=O)(=O)c2ccc3c(c2)oc(=O)n3C)cc1Cl. The fourth-order valence-electron chi connectivity index (χ4n) is 3.39. The van der Waals surface area contributed by atoms with E-state index < -0.39 is 27.7 Å². The van der Waals surface area contributed by atoms with Gasteiger partial charge in [0.2, 0.25) is 15.9 Å². The van der Waals surface area contributed by atoms with E-state index in [1.807, 2.05) is 13.8 Å². The first-order valence-electron chi connectivity index (χ1n) is 10.3. The maximum Gasteiger partial charge on any atom is 0.419 e. The van der Waals surface area contributed by atoms with Gasteiger partial charge in [0.05, 0.1) is 35.3 Å². The van der Waals surface area contributed by atoms with Crippen LogP contribution >= 0.6 is 11.6 Å². The van der Waals surface area contributed by atoms with Crippen LogP contribution in [0.15, 0.2) is 44.4 Å². The van der Waals surface area contributed by atoms with Gasteiger partial charge in [-0.1, -0.05) is 25.4 Å². The number of ether oxygens (including phenoxy) is 2. The van der Waals surface area contributed by atoms with Gasteiger partial charge in [-0.3, -0.25) is 9.36 Å². The van der Waals surface area contributed by atoms with Gasteiger partial charge in [-0.05, 0) is 30.5 Å². The molecule has 3 aromatic rings. The fraction of sp³-hybridized carbons (Fsp3) is 0.364. The number of aromatic nitrogens is 1. The Morgan fingerprint density at radius 1 is 1.15 bits per heavy atom. The molecule has 1 aromatic heterocycles. The number of amides is 1. The highest BCUT2D eigenvalue weighted by molar-refractivity contribution is 7.89. The van der Waals surface area contributed by atoms with Crippen LogP contribution in [0.5, 0.6) is 11.5 Å². The first kappa shape index (κ1) is 25.6. The van der Waals surface area contributed by atoms with Crippen molar-refractivity contribution in [2.24, 2.45) is 13.0 Å². The van der Waals surface area contributed by atoms with E-state index in [1.165, 1.54) is 56.2 Å². The third kappa shape index (κ3) is 5.37. The van der Waals surface area contributed by atoms with Crippen LogP contribution in [0.3, 0.4) is 0 Å². The van der Waals surface area contributed by atoms with Crippen LogP contribution in [0.2, 0.25) is 5.02 Å². The number of benzene rings is 2. The zero-order valence-electron chi connectivity index (χ0n) is 19.3. The van der Waals surface area contributed by atoms with Crippen LogP contribution < -0.4 is 25.3 Å². The Labute approximate surface area is 201 Å². The molecular formula is C22H26ClN3O7S. The van der Waals surface area contributed by atoms with Gasteiger partial charge in [0.15, 0.2) is 5.58 Å². The second-order valence-electron chi connectivity index (χ2n) is 8.04. The van der Waals surface area contributed by atoms with Gasteiger partial charge in [0.1, 0.15) is 17.5 Å². The lowest BCUT2D eigenvalue weighted by molar-refractivity contribution is -0.118. The molecule has 3 rings (SSSR count). The summed E-state index contributed by atoms with van der Waals surface area (Å²) in [5, 5.41) is 2.93. The van der Waals surface area contributed by atoms with Crippen LogP contribution in [-0.4, -0.2) is 39.2 Å². The Balaban J connectivity index is 1.90. The van der Waals surface area contributed by atoms with Crippen molar-refractivity contribution in [3.05, 3.63) is 45.9 Å². The van der Waals surface area contributed by atoms with Crippen LogP contribution in [0.25, 0.3) is 11.1 Å². The van der Waals surface area contributed by atoms with E-state index in [9.17, 15) is 18.0 Å². The molecule has 0 fully saturated rings. The van der Waals surface area contributed by atoms with Crippen LogP contribution in [0, 0.1) is 5.92 Å². The summed E-state index contributed by atoms with van der Waals surface area (Å²) in [6, 6.07) is 5.93. The maximum atomic E-state index is 13.1. The van der Waals surface area contributed by atoms with Crippen molar-refractivity contribution in [3.63, 3.8) is 0 Å². The van der Waals surface area contributed by atoms with Gasteiger partial charge < -0.3 is 19.2 Å². The number of carbonyl (C=O) groups excluding carboxylic acids is 1. The number of anilines is 1. The topological polar surface area (TPSA) is 129 Å². The maximum absolute atomic E-state index is 13.1. The van der Waals surface area contributed by atoms with E-state index in [4.69, 9.17) is 25.5 Å². The summed E-state index contributed by atoms with van der Waals surface area (Å²) in [6.07, 6.45) is 0.222. The van der Waals surface area contributed by atoms with Crippen LogP contribution in [0.1, 0.15) is 20.3 Å². The molecule has 0 bridgehead atoms. The number of nitrogens with zero attached hydrogens (tertiary/aromatic N) is 1. The molecule has 0 aliphatic heterocycles. The second-order valence-corrected chi connectivity index (χ2v) is 10.2. The smallest absolute Gasteiger partial charge is 0.419 e. The lowest BCUT2D eigenvalue weighted by Crippen LogP contribution is -2.44. The summed E-state index contributed by atoms with van der Waals surface area (Å²) in [5.74, 6) is -0.551. The molecule has 34 heavy (non-hydrogen) atoms. The molecule has 1 heterocycles. The number of carbonyl (C=O) groups is 1. The van der Waals surface area contributed by atoms with E-state index in [1.54, 1.807) is 0 Å². The summed E-state index contributed by atoms with van der Waals surface area (Å²) in [6.45, 7) is 3.73. The van der Waals surface area contributed by atoms with Gasteiger partial charge in [-0.2, -0.15) is 4.72 Å². The third-order valence-corrected chi connectivity index (χ3v) is 6.89. The summed E-state index contributed by atoms with van der Waals surface area (Å²) in [5.41, 5.74) is 0.834. The van der Waals surface area contributed by atoms with Crippen molar-refractivity contribution < 1.29 is 27.1 Å². The average molecular weight is 512 g/mol. The molecule has 0 radical (unpaired) electrons. The molecule has 0 aliphatic rings. The van der Waals surface area contributed by atoms with Crippen molar-refractivity contribution >= 4 is 44.3 Å². The highest BCUT2D eigenvalue weighted by Crippen LogP contribution is 2.36. The predicted octanol–water partition coefficient (Wildman–Crippen LogP) is 3.13. The molecule has 184 valence electrons. The predicted molar refractivity (Wildman–Crippen MR) is 128 cm³/mol. The molecular weight excluding hydrogens is 486 g/mol. The zero-order chi connectivity index (χ0) is 25.2. The second kappa shape index (κ2) is 10.1. The molecule has 0 unspecified atom stereocenters. The fourth-order valence-corrected chi connectivity index (χ4v) is 4.86. The molecule has 10 nitrogen and oxygen atoms in total. The quantitative estimate of drug-likeness (QED) is 0.451. The summed E-state index contributed by atoms with van der Waals surface area (Å²) >= 11 is 6.18. The number of hydrogen-bond donors (Lipinski definition) is 2. The van der Waals surface area contributed by atoms with E-state index in [-0.39, 0.29) is 33.5 Å². The summed E-state index contributed by atoms with van der Waals surface area (Å²) in [7, 11) is 0.256. The Bertz CT molecular complexity index is 1380. The molecule has 0 saturated heterocycles. The van der Waals surface area contributed by atoms with E-state index in [0.717, 1.165) is 0 Å². The van der Waals surface area contributed by atoms with Crippen molar-refractivity contribution in [3.8, 4) is 11.5 Å². The van der Waals surface area contributed by atoms with Crippen molar-refractivity contribution in [1.82, 2.24) is 9.29 Å². The van der Waals surface area contributed by atoms with Gasteiger partial charge >= 0.3 is 5.76 Å².